The molecule has 4 rings (SSSR count). The molecule has 162 valence electrons. The topological polar surface area (TPSA) is 79.2 Å². The van der Waals surface area contributed by atoms with Crippen molar-refractivity contribution < 1.29 is 18.0 Å². The van der Waals surface area contributed by atoms with Gasteiger partial charge in [0, 0.05) is 38.0 Å². The van der Waals surface area contributed by atoms with Gasteiger partial charge in [-0.05, 0) is 13.0 Å². The first-order valence-corrected chi connectivity index (χ1v) is 9.51. The molecule has 1 atom stereocenters. The monoisotopic (exact) mass is 431 g/mol. The summed E-state index contributed by atoms with van der Waals surface area (Å²) in [4.78, 5) is 24.3. The molecule has 0 bridgehead atoms. The number of carbonyl (C=O) groups excluding carboxylic acids is 1. The van der Waals surface area contributed by atoms with E-state index < -0.39 is 17.5 Å². The molecule has 0 saturated heterocycles. The van der Waals surface area contributed by atoms with E-state index in [9.17, 15) is 18.0 Å². The number of likely N-dealkylation sites (N-methyl/N-ethyl adjacent to an activating group) is 2. The van der Waals surface area contributed by atoms with Crippen LogP contribution >= 0.6 is 0 Å². The number of carbonyl (C=O) groups is 1. The molecule has 11 heteroatoms. The summed E-state index contributed by atoms with van der Waals surface area (Å²) in [5.74, 6) is -2.98. The van der Waals surface area contributed by atoms with Crippen LogP contribution in [0.3, 0.4) is 0 Å². The highest BCUT2D eigenvalue weighted by atomic mass is 19.2. The fraction of sp³-hybridized carbons (Fsp3) is 0.300. The van der Waals surface area contributed by atoms with E-state index in [1.54, 1.807) is 44.5 Å². The standard InChI is InChI=1S/C20H20F3N7O/c1-11-19(31)29(3)15-8-25-20(27-18(15)28(11)2)24-6-12-7-26-30(9-12)10-13-4-5-14(21)17(23)16(13)22/h4-5,7-9,11H,6,10H2,1-3H3,(H,24,25,27)/t11-/m0/s1. The Bertz CT molecular complexity index is 1150. The number of nitrogens with one attached hydrogen (secondary N) is 1. The van der Waals surface area contributed by atoms with Crippen molar-refractivity contribution in [2.75, 3.05) is 29.2 Å². The highest BCUT2D eigenvalue weighted by Gasteiger charge is 2.33. The van der Waals surface area contributed by atoms with E-state index in [0.29, 0.717) is 24.0 Å². The van der Waals surface area contributed by atoms with Gasteiger partial charge >= 0.3 is 0 Å². The SMILES string of the molecule is C[C@H]1C(=O)N(C)c2cnc(NCc3cnn(Cc4ccc(F)c(F)c4F)c3)nc2N1C. The number of halogens is 3. The molecule has 0 unspecified atom stereocenters. The molecule has 1 N–H and O–H groups in total. The van der Waals surface area contributed by atoms with Gasteiger partial charge < -0.3 is 15.1 Å². The van der Waals surface area contributed by atoms with E-state index in [0.717, 1.165) is 11.6 Å². The van der Waals surface area contributed by atoms with Crippen LogP contribution in [0.5, 0.6) is 0 Å². The first kappa shape index (κ1) is 20.6. The molecule has 0 radical (unpaired) electrons. The molecule has 1 aliphatic heterocycles. The van der Waals surface area contributed by atoms with Crippen LogP contribution in [0.15, 0.2) is 30.7 Å². The lowest BCUT2D eigenvalue weighted by molar-refractivity contribution is -0.119. The summed E-state index contributed by atoms with van der Waals surface area (Å²) in [6.07, 6.45) is 4.82. The van der Waals surface area contributed by atoms with E-state index in [1.165, 1.54) is 15.6 Å². The Morgan fingerprint density at radius 3 is 2.68 bits per heavy atom. The van der Waals surface area contributed by atoms with Crippen LogP contribution in [0.4, 0.5) is 30.6 Å². The minimum absolute atomic E-state index is 0.00430. The van der Waals surface area contributed by atoms with Gasteiger partial charge in [0.25, 0.3) is 0 Å². The lowest BCUT2D eigenvalue weighted by Gasteiger charge is -2.36. The minimum Gasteiger partial charge on any atom is -0.350 e. The molecule has 1 amide bonds. The Hall–Kier alpha value is -3.63. The quantitative estimate of drug-likeness (QED) is 0.626. The second-order valence-corrected chi connectivity index (χ2v) is 7.32. The predicted molar refractivity (Wildman–Crippen MR) is 108 cm³/mol. The molecular formula is C20H20F3N7O. The molecule has 1 aromatic carbocycles. The van der Waals surface area contributed by atoms with E-state index in [2.05, 4.69) is 20.4 Å². The van der Waals surface area contributed by atoms with Crippen molar-refractivity contribution in [1.82, 2.24) is 19.7 Å². The van der Waals surface area contributed by atoms with Crippen molar-refractivity contribution in [3.63, 3.8) is 0 Å². The largest absolute Gasteiger partial charge is 0.350 e. The van der Waals surface area contributed by atoms with Gasteiger partial charge in [-0.1, -0.05) is 6.07 Å². The van der Waals surface area contributed by atoms with Crippen molar-refractivity contribution in [2.24, 2.45) is 0 Å². The number of nitrogens with zero attached hydrogens (tertiary/aromatic N) is 6. The molecule has 0 aliphatic carbocycles. The number of anilines is 3. The summed E-state index contributed by atoms with van der Waals surface area (Å²) >= 11 is 0. The molecule has 3 aromatic rings. The fourth-order valence-electron chi connectivity index (χ4n) is 3.32. The number of amides is 1. The van der Waals surface area contributed by atoms with Gasteiger partial charge in [-0.25, -0.2) is 18.2 Å². The van der Waals surface area contributed by atoms with Gasteiger partial charge in [-0.2, -0.15) is 10.1 Å². The molecule has 8 nitrogen and oxygen atoms in total. The molecule has 0 spiro atoms. The smallest absolute Gasteiger partial charge is 0.249 e. The van der Waals surface area contributed by atoms with Crippen molar-refractivity contribution in [3.05, 3.63) is 59.3 Å². The number of aromatic nitrogens is 4. The second-order valence-electron chi connectivity index (χ2n) is 7.32. The van der Waals surface area contributed by atoms with Crippen LogP contribution in [0.1, 0.15) is 18.1 Å². The number of hydrogen-bond acceptors (Lipinski definition) is 6. The zero-order valence-electron chi connectivity index (χ0n) is 17.1. The zero-order chi connectivity index (χ0) is 22.3. The third-order valence-electron chi connectivity index (χ3n) is 5.30. The van der Waals surface area contributed by atoms with Gasteiger partial charge in [0.1, 0.15) is 11.7 Å². The Balaban J connectivity index is 1.45. The molecule has 2 aromatic heterocycles. The fourth-order valence-corrected chi connectivity index (χ4v) is 3.32. The summed E-state index contributed by atoms with van der Waals surface area (Å²) in [5.41, 5.74) is 1.38. The maximum Gasteiger partial charge on any atom is 0.249 e. The van der Waals surface area contributed by atoms with E-state index in [1.807, 2.05) is 0 Å². The number of fused-ring (bicyclic) bond motifs is 1. The number of benzene rings is 1. The third kappa shape index (κ3) is 3.78. The van der Waals surface area contributed by atoms with Gasteiger partial charge in [0.2, 0.25) is 11.9 Å². The summed E-state index contributed by atoms with van der Waals surface area (Å²) < 4.78 is 41.8. The van der Waals surface area contributed by atoms with Crippen molar-refractivity contribution in [3.8, 4) is 0 Å². The van der Waals surface area contributed by atoms with Gasteiger partial charge in [0.05, 0.1) is 18.9 Å². The minimum atomic E-state index is -1.50. The molecule has 3 heterocycles. The summed E-state index contributed by atoms with van der Waals surface area (Å²) in [7, 11) is 3.48. The predicted octanol–water partition coefficient (Wildman–Crippen LogP) is 2.55. The highest BCUT2D eigenvalue weighted by Crippen LogP contribution is 2.32. The Morgan fingerprint density at radius 1 is 1.13 bits per heavy atom. The van der Waals surface area contributed by atoms with Crippen LogP contribution in [-0.2, 0) is 17.9 Å². The van der Waals surface area contributed by atoms with Crippen LogP contribution in [0.2, 0.25) is 0 Å². The average Bonchev–Trinajstić information content (AvgIpc) is 3.22. The van der Waals surface area contributed by atoms with Crippen LogP contribution in [-0.4, -0.2) is 45.8 Å². The highest BCUT2D eigenvalue weighted by molar-refractivity contribution is 6.03. The third-order valence-corrected chi connectivity index (χ3v) is 5.30. The van der Waals surface area contributed by atoms with Gasteiger partial charge in [-0.3, -0.25) is 9.48 Å². The lowest BCUT2D eigenvalue weighted by atomic mass is 10.2. The molecule has 1 aliphatic rings. The Morgan fingerprint density at radius 2 is 1.90 bits per heavy atom. The number of rotatable bonds is 5. The van der Waals surface area contributed by atoms with Crippen LogP contribution in [0, 0.1) is 17.5 Å². The first-order chi connectivity index (χ1) is 14.8. The van der Waals surface area contributed by atoms with E-state index >= 15 is 0 Å². The second kappa shape index (κ2) is 7.89. The Labute approximate surface area is 176 Å². The van der Waals surface area contributed by atoms with E-state index in [4.69, 9.17) is 0 Å². The summed E-state index contributed by atoms with van der Waals surface area (Å²) in [5, 5.41) is 7.22. The molecule has 0 saturated carbocycles. The van der Waals surface area contributed by atoms with Crippen LogP contribution in [0.25, 0.3) is 0 Å². The lowest BCUT2D eigenvalue weighted by Crippen LogP contribution is -2.49. The van der Waals surface area contributed by atoms with Crippen molar-refractivity contribution in [2.45, 2.75) is 26.1 Å². The summed E-state index contributed by atoms with van der Waals surface area (Å²) in [6, 6.07) is 1.74. The Kier molecular flexibility index (Phi) is 5.25. The maximum absolute atomic E-state index is 13.9. The van der Waals surface area contributed by atoms with E-state index in [-0.39, 0.29) is 24.1 Å². The van der Waals surface area contributed by atoms with Gasteiger partial charge in [-0.15, -0.1) is 0 Å². The van der Waals surface area contributed by atoms with Crippen molar-refractivity contribution >= 4 is 23.4 Å². The first-order valence-electron chi connectivity index (χ1n) is 9.51. The molecule has 31 heavy (non-hydrogen) atoms. The number of hydrogen-bond donors (Lipinski definition) is 1. The maximum atomic E-state index is 13.9. The molecule has 0 fully saturated rings. The van der Waals surface area contributed by atoms with Crippen LogP contribution < -0.4 is 15.1 Å². The summed E-state index contributed by atoms with van der Waals surface area (Å²) in [6.45, 7) is 2.11. The molecular weight excluding hydrogens is 411 g/mol. The average molecular weight is 431 g/mol. The zero-order valence-corrected chi connectivity index (χ0v) is 17.1. The van der Waals surface area contributed by atoms with Crippen molar-refractivity contribution in [1.29, 1.82) is 0 Å². The normalized spacial score (nSPS) is 15.9. The van der Waals surface area contributed by atoms with Gasteiger partial charge in [0.15, 0.2) is 23.3 Å².